The Morgan fingerprint density at radius 1 is 1.25 bits per heavy atom. The average molecular weight is 350 g/mol. The van der Waals surface area contributed by atoms with Crippen molar-refractivity contribution in [1.82, 2.24) is 10.2 Å². The molecule has 2 amide bonds. The fraction of sp³-hybridized carbons (Fsp3) is 0.556. The molecule has 1 fully saturated rings. The van der Waals surface area contributed by atoms with Gasteiger partial charge in [-0.15, -0.1) is 0 Å². The van der Waals surface area contributed by atoms with E-state index in [-0.39, 0.29) is 23.9 Å². The molecule has 6 heteroatoms. The molecule has 0 atom stereocenters. The van der Waals surface area contributed by atoms with Crippen LogP contribution in [0.5, 0.6) is 0 Å². The van der Waals surface area contributed by atoms with Gasteiger partial charge in [-0.2, -0.15) is 11.8 Å². The Balaban J connectivity index is 1.92. The Kier molecular flexibility index (Phi) is 6.54. The van der Waals surface area contributed by atoms with E-state index in [9.17, 15) is 9.59 Å². The third kappa shape index (κ3) is 5.44. The molecule has 1 aromatic carbocycles. The highest BCUT2D eigenvalue weighted by molar-refractivity contribution is 7.99. The molecule has 1 heterocycles. The molecule has 0 radical (unpaired) electrons. The minimum atomic E-state index is -0.206. The molecule has 2 rings (SSSR count). The smallest absolute Gasteiger partial charge is 0.253 e. The van der Waals surface area contributed by atoms with Crippen LogP contribution < -0.4 is 10.6 Å². The van der Waals surface area contributed by atoms with Gasteiger partial charge in [0.2, 0.25) is 5.91 Å². The molecule has 132 valence electrons. The third-order valence-electron chi connectivity index (χ3n) is 4.22. The Hall–Kier alpha value is -1.69. The van der Waals surface area contributed by atoms with Crippen LogP contribution in [0, 0.1) is 0 Å². The first-order chi connectivity index (χ1) is 11.4. The van der Waals surface area contributed by atoms with E-state index in [1.807, 2.05) is 61.7 Å². The first kappa shape index (κ1) is 18.6. The van der Waals surface area contributed by atoms with Crippen molar-refractivity contribution in [3.05, 3.63) is 29.8 Å². The maximum Gasteiger partial charge on any atom is 0.253 e. The van der Waals surface area contributed by atoms with Crippen molar-refractivity contribution >= 4 is 29.3 Å². The van der Waals surface area contributed by atoms with Crippen molar-refractivity contribution in [2.24, 2.45) is 0 Å². The summed E-state index contributed by atoms with van der Waals surface area (Å²) in [6, 6.07) is 7.38. The van der Waals surface area contributed by atoms with Crippen LogP contribution >= 0.6 is 11.8 Å². The standard InChI is InChI=1S/C18H27N3O2S/c1-4-18(2,3)20-16(22)13-19-15-7-5-6-14(12-15)17(23)21-8-10-24-11-9-21/h5-7,12,19H,4,8-11,13H2,1-3H3,(H,20,22). The lowest BCUT2D eigenvalue weighted by atomic mass is 10.0. The van der Waals surface area contributed by atoms with E-state index in [4.69, 9.17) is 0 Å². The van der Waals surface area contributed by atoms with Gasteiger partial charge in [0.15, 0.2) is 0 Å². The van der Waals surface area contributed by atoms with Crippen molar-refractivity contribution in [3.8, 4) is 0 Å². The van der Waals surface area contributed by atoms with Gasteiger partial charge in [0.05, 0.1) is 6.54 Å². The highest BCUT2D eigenvalue weighted by atomic mass is 32.2. The molecular formula is C18H27N3O2S. The number of carbonyl (C=O) groups excluding carboxylic acids is 2. The van der Waals surface area contributed by atoms with Crippen LogP contribution in [0.4, 0.5) is 5.69 Å². The Morgan fingerprint density at radius 2 is 1.96 bits per heavy atom. The van der Waals surface area contributed by atoms with Crippen molar-refractivity contribution in [2.75, 3.05) is 36.5 Å². The second-order valence-electron chi connectivity index (χ2n) is 6.62. The first-order valence-electron chi connectivity index (χ1n) is 8.43. The molecule has 0 saturated carbocycles. The van der Waals surface area contributed by atoms with Gasteiger partial charge in [-0.05, 0) is 38.5 Å². The van der Waals surface area contributed by atoms with Gasteiger partial charge in [0.25, 0.3) is 5.91 Å². The van der Waals surface area contributed by atoms with Crippen molar-refractivity contribution in [1.29, 1.82) is 0 Å². The Morgan fingerprint density at radius 3 is 2.62 bits per heavy atom. The van der Waals surface area contributed by atoms with E-state index in [1.54, 1.807) is 0 Å². The van der Waals surface area contributed by atoms with Crippen molar-refractivity contribution in [2.45, 2.75) is 32.7 Å². The average Bonchev–Trinajstić information content (AvgIpc) is 2.60. The summed E-state index contributed by atoms with van der Waals surface area (Å²) in [5.74, 6) is 2.01. The zero-order valence-corrected chi connectivity index (χ0v) is 15.5. The van der Waals surface area contributed by atoms with Crippen LogP contribution in [0.15, 0.2) is 24.3 Å². The minimum Gasteiger partial charge on any atom is -0.376 e. The highest BCUT2D eigenvalue weighted by Crippen LogP contribution is 2.16. The summed E-state index contributed by atoms with van der Waals surface area (Å²) in [5, 5.41) is 6.09. The van der Waals surface area contributed by atoms with E-state index in [0.717, 1.165) is 36.7 Å². The quantitative estimate of drug-likeness (QED) is 0.829. The number of anilines is 1. The number of rotatable bonds is 6. The molecule has 24 heavy (non-hydrogen) atoms. The van der Waals surface area contributed by atoms with Crippen molar-refractivity contribution in [3.63, 3.8) is 0 Å². The molecule has 2 N–H and O–H groups in total. The molecule has 0 aliphatic carbocycles. The summed E-state index contributed by atoms with van der Waals surface area (Å²) in [5.41, 5.74) is 1.25. The molecule has 1 aliphatic rings. The van der Waals surface area contributed by atoms with Crippen LogP contribution in [0.1, 0.15) is 37.6 Å². The van der Waals surface area contributed by atoms with Crippen LogP contribution in [0.2, 0.25) is 0 Å². The van der Waals surface area contributed by atoms with E-state index in [2.05, 4.69) is 10.6 Å². The Labute approximate surface area is 148 Å². The van der Waals surface area contributed by atoms with Gasteiger partial charge >= 0.3 is 0 Å². The molecule has 0 unspecified atom stereocenters. The molecule has 1 aromatic rings. The fourth-order valence-corrected chi connectivity index (χ4v) is 3.31. The Bertz CT molecular complexity index is 583. The zero-order valence-electron chi connectivity index (χ0n) is 14.7. The number of nitrogens with one attached hydrogen (secondary N) is 2. The van der Waals surface area contributed by atoms with Crippen molar-refractivity contribution < 1.29 is 9.59 Å². The predicted molar refractivity (Wildman–Crippen MR) is 101 cm³/mol. The largest absolute Gasteiger partial charge is 0.376 e. The fourth-order valence-electron chi connectivity index (χ4n) is 2.40. The summed E-state index contributed by atoms with van der Waals surface area (Å²) < 4.78 is 0. The number of carbonyl (C=O) groups is 2. The number of benzene rings is 1. The number of hydrogen-bond donors (Lipinski definition) is 2. The lowest BCUT2D eigenvalue weighted by Crippen LogP contribution is -2.45. The number of nitrogens with zero attached hydrogens (tertiary/aromatic N) is 1. The van der Waals surface area contributed by atoms with Crippen LogP contribution in [-0.2, 0) is 4.79 Å². The molecule has 0 aromatic heterocycles. The van der Waals surface area contributed by atoms with E-state index >= 15 is 0 Å². The van der Waals surface area contributed by atoms with E-state index in [1.165, 1.54) is 0 Å². The van der Waals surface area contributed by atoms with Crippen LogP contribution in [0.25, 0.3) is 0 Å². The summed E-state index contributed by atoms with van der Waals surface area (Å²) in [6.45, 7) is 7.84. The summed E-state index contributed by atoms with van der Waals surface area (Å²) in [4.78, 5) is 26.4. The maximum absolute atomic E-state index is 12.5. The third-order valence-corrected chi connectivity index (χ3v) is 5.17. The normalized spacial score (nSPS) is 15.0. The highest BCUT2D eigenvalue weighted by Gasteiger charge is 2.19. The topological polar surface area (TPSA) is 61.4 Å². The van der Waals surface area contributed by atoms with Gasteiger partial charge in [-0.1, -0.05) is 13.0 Å². The molecule has 1 saturated heterocycles. The molecular weight excluding hydrogens is 322 g/mol. The summed E-state index contributed by atoms with van der Waals surface area (Å²) in [6.07, 6.45) is 0.872. The monoisotopic (exact) mass is 349 g/mol. The molecule has 5 nitrogen and oxygen atoms in total. The minimum absolute atomic E-state index is 0.0494. The molecule has 0 bridgehead atoms. The molecule has 0 spiro atoms. The summed E-state index contributed by atoms with van der Waals surface area (Å²) in [7, 11) is 0. The first-order valence-corrected chi connectivity index (χ1v) is 9.59. The van der Waals surface area contributed by atoms with E-state index < -0.39 is 0 Å². The van der Waals surface area contributed by atoms with Gasteiger partial charge in [0, 0.05) is 41.4 Å². The second-order valence-corrected chi connectivity index (χ2v) is 7.85. The van der Waals surface area contributed by atoms with E-state index in [0.29, 0.717) is 5.56 Å². The van der Waals surface area contributed by atoms with Gasteiger partial charge in [0.1, 0.15) is 0 Å². The van der Waals surface area contributed by atoms with Gasteiger partial charge in [-0.3, -0.25) is 9.59 Å². The lowest BCUT2D eigenvalue weighted by molar-refractivity contribution is -0.121. The predicted octanol–water partition coefficient (Wildman–Crippen LogP) is 2.59. The second kappa shape index (κ2) is 8.42. The van der Waals surface area contributed by atoms with Gasteiger partial charge < -0.3 is 15.5 Å². The lowest BCUT2D eigenvalue weighted by Gasteiger charge is -2.26. The zero-order chi connectivity index (χ0) is 17.6. The van der Waals surface area contributed by atoms with Gasteiger partial charge in [-0.25, -0.2) is 0 Å². The van der Waals surface area contributed by atoms with Crippen LogP contribution in [-0.4, -0.2) is 53.4 Å². The van der Waals surface area contributed by atoms with Crippen LogP contribution in [0.3, 0.4) is 0 Å². The summed E-state index contributed by atoms with van der Waals surface area (Å²) >= 11 is 1.88. The number of hydrogen-bond acceptors (Lipinski definition) is 4. The SMILES string of the molecule is CCC(C)(C)NC(=O)CNc1cccc(C(=O)N2CCSCC2)c1. The maximum atomic E-state index is 12.5. The number of thioether (sulfide) groups is 1. The number of amides is 2. The molecule has 1 aliphatic heterocycles.